The predicted octanol–water partition coefficient (Wildman–Crippen LogP) is 3.35. The summed E-state index contributed by atoms with van der Waals surface area (Å²) in [5.41, 5.74) is 2.14. The van der Waals surface area contributed by atoms with Gasteiger partial charge in [-0.2, -0.15) is 0 Å². The zero-order chi connectivity index (χ0) is 23.4. The number of hydrogen-bond donors (Lipinski definition) is 1. The van der Waals surface area contributed by atoms with Crippen LogP contribution in [0.15, 0.2) is 42.7 Å². The van der Waals surface area contributed by atoms with Crippen molar-refractivity contribution in [3.05, 3.63) is 69.9 Å². The van der Waals surface area contributed by atoms with Gasteiger partial charge in [-0.25, -0.2) is 9.59 Å². The smallest absolute Gasteiger partial charge is 0.341 e. The number of carbonyl (C=O) groups is 3. The molecule has 0 fully saturated rings. The Bertz CT molecular complexity index is 1210. The second kappa shape index (κ2) is 9.70. The maximum absolute atomic E-state index is 12.6. The van der Waals surface area contributed by atoms with Crippen molar-refractivity contribution < 1.29 is 33.3 Å². The Labute approximate surface area is 193 Å². The topological polar surface area (TPSA) is 113 Å². The Morgan fingerprint density at radius 3 is 2.73 bits per heavy atom. The number of hydrogen-bond acceptors (Lipinski definition) is 9. The molecule has 2 aromatic heterocycles. The minimum atomic E-state index is -0.669. The van der Waals surface area contributed by atoms with E-state index in [0.29, 0.717) is 22.9 Å². The van der Waals surface area contributed by atoms with Gasteiger partial charge in [0.15, 0.2) is 18.1 Å². The lowest BCUT2D eigenvalue weighted by Gasteiger charge is -2.09. The number of benzene rings is 1. The summed E-state index contributed by atoms with van der Waals surface area (Å²) >= 11 is 1.25. The van der Waals surface area contributed by atoms with Crippen molar-refractivity contribution in [2.75, 3.05) is 25.8 Å². The van der Waals surface area contributed by atoms with Gasteiger partial charge in [0.1, 0.15) is 5.00 Å². The Morgan fingerprint density at radius 1 is 1.15 bits per heavy atom. The highest BCUT2D eigenvalue weighted by molar-refractivity contribution is 7.16. The summed E-state index contributed by atoms with van der Waals surface area (Å²) in [5.74, 6) is -0.505. The van der Waals surface area contributed by atoms with Crippen molar-refractivity contribution in [2.45, 2.75) is 13.3 Å². The number of carbonyl (C=O) groups excluding carboxylic acids is 3. The third-order valence-electron chi connectivity index (χ3n) is 4.90. The summed E-state index contributed by atoms with van der Waals surface area (Å²) in [6.07, 6.45) is 3.30. The van der Waals surface area contributed by atoms with E-state index in [0.717, 1.165) is 16.0 Å². The third-order valence-corrected chi connectivity index (χ3v) is 5.96. The summed E-state index contributed by atoms with van der Waals surface area (Å²) < 4.78 is 20.8. The maximum atomic E-state index is 12.6. The number of nitrogens with one attached hydrogen (secondary N) is 1. The van der Waals surface area contributed by atoms with Gasteiger partial charge in [-0.15, -0.1) is 11.3 Å². The number of esters is 2. The molecule has 0 saturated carbocycles. The number of nitrogens with zero attached hydrogens (tertiary/aromatic N) is 1. The molecule has 0 saturated heterocycles. The second-order valence-electron chi connectivity index (χ2n) is 7.06. The minimum absolute atomic E-state index is 0.172. The largest absolute Gasteiger partial charge is 0.465 e. The summed E-state index contributed by atoms with van der Waals surface area (Å²) in [7, 11) is 1.28. The van der Waals surface area contributed by atoms with E-state index in [1.54, 1.807) is 6.07 Å². The number of anilines is 1. The first-order valence-electron chi connectivity index (χ1n) is 9.92. The van der Waals surface area contributed by atoms with E-state index in [2.05, 4.69) is 10.3 Å². The van der Waals surface area contributed by atoms with E-state index in [1.165, 1.54) is 36.9 Å². The van der Waals surface area contributed by atoms with Crippen LogP contribution in [-0.4, -0.2) is 43.3 Å². The SMILES string of the molecule is COC(=O)c1c(NC(=O)COC(=O)c2cccnc2)sc(C)c1Cc1ccc2c(c1)OCO2. The van der Waals surface area contributed by atoms with Gasteiger partial charge in [-0.1, -0.05) is 6.07 Å². The van der Waals surface area contributed by atoms with Crippen LogP contribution < -0.4 is 14.8 Å². The average Bonchev–Trinajstić information content (AvgIpc) is 3.41. The molecule has 0 atom stereocenters. The molecule has 0 radical (unpaired) electrons. The molecular weight excluding hydrogens is 448 g/mol. The standard InChI is InChI=1S/C23H20N2O7S/c1-13-16(8-14-5-6-17-18(9-14)32-12-31-17)20(23(28)29-2)21(33-13)25-19(26)11-30-22(27)15-4-3-7-24-10-15/h3-7,9-10H,8,11-12H2,1-2H3,(H,25,26). The van der Waals surface area contributed by atoms with Crippen molar-refractivity contribution in [2.24, 2.45) is 0 Å². The number of rotatable bonds is 7. The van der Waals surface area contributed by atoms with Crippen LogP contribution in [0.1, 0.15) is 36.7 Å². The average molecular weight is 468 g/mol. The molecule has 1 aromatic carbocycles. The molecule has 1 amide bonds. The lowest BCUT2D eigenvalue weighted by atomic mass is 10.0. The molecule has 9 nitrogen and oxygen atoms in total. The van der Waals surface area contributed by atoms with Gasteiger partial charge in [0.05, 0.1) is 18.2 Å². The lowest BCUT2D eigenvalue weighted by molar-refractivity contribution is -0.119. The van der Waals surface area contributed by atoms with Crippen LogP contribution in [0, 0.1) is 6.92 Å². The molecule has 0 aliphatic carbocycles. The fourth-order valence-corrected chi connectivity index (χ4v) is 4.39. The van der Waals surface area contributed by atoms with Crippen LogP contribution in [0.3, 0.4) is 0 Å². The number of methoxy groups -OCH3 is 1. The number of aryl methyl sites for hydroxylation is 1. The number of fused-ring (bicyclic) bond motifs is 1. The van der Waals surface area contributed by atoms with Crippen LogP contribution in [0.25, 0.3) is 0 Å². The predicted molar refractivity (Wildman–Crippen MR) is 119 cm³/mol. The molecule has 3 aromatic rings. The molecule has 10 heteroatoms. The molecule has 0 spiro atoms. The minimum Gasteiger partial charge on any atom is -0.465 e. The first-order valence-corrected chi connectivity index (χ1v) is 10.7. The summed E-state index contributed by atoms with van der Waals surface area (Å²) in [6, 6.07) is 8.69. The number of ether oxygens (including phenoxy) is 4. The van der Waals surface area contributed by atoms with Gasteiger partial charge in [0.2, 0.25) is 6.79 Å². The van der Waals surface area contributed by atoms with Crippen LogP contribution in [0.4, 0.5) is 5.00 Å². The number of amides is 1. The van der Waals surface area contributed by atoms with Crippen LogP contribution in [-0.2, 0) is 20.7 Å². The summed E-state index contributed by atoms with van der Waals surface area (Å²) in [4.78, 5) is 41.7. The van der Waals surface area contributed by atoms with Gasteiger partial charge in [-0.05, 0) is 48.7 Å². The van der Waals surface area contributed by atoms with Gasteiger partial charge in [0.25, 0.3) is 5.91 Å². The molecular formula is C23H20N2O7S. The van der Waals surface area contributed by atoms with Crippen molar-refractivity contribution in [3.8, 4) is 11.5 Å². The van der Waals surface area contributed by atoms with E-state index in [-0.39, 0.29) is 17.9 Å². The van der Waals surface area contributed by atoms with Crippen LogP contribution >= 0.6 is 11.3 Å². The fourth-order valence-electron chi connectivity index (χ4n) is 3.31. The van der Waals surface area contributed by atoms with Crippen molar-refractivity contribution in [3.63, 3.8) is 0 Å². The Kier molecular flexibility index (Phi) is 6.55. The molecule has 4 rings (SSSR count). The number of pyridine rings is 1. The van der Waals surface area contributed by atoms with E-state index in [1.807, 2.05) is 25.1 Å². The lowest BCUT2D eigenvalue weighted by Crippen LogP contribution is -2.21. The van der Waals surface area contributed by atoms with Gasteiger partial charge < -0.3 is 24.3 Å². The Hall–Kier alpha value is -3.92. The Balaban J connectivity index is 1.50. The zero-order valence-electron chi connectivity index (χ0n) is 17.9. The zero-order valence-corrected chi connectivity index (χ0v) is 18.7. The van der Waals surface area contributed by atoms with Gasteiger partial charge in [0, 0.05) is 17.3 Å². The molecule has 3 heterocycles. The van der Waals surface area contributed by atoms with Crippen molar-refractivity contribution in [1.82, 2.24) is 4.98 Å². The van der Waals surface area contributed by atoms with E-state index in [4.69, 9.17) is 18.9 Å². The molecule has 0 bridgehead atoms. The van der Waals surface area contributed by atoms with Gasteiger partial charge >= 0.3 is 11.9 Å². The highest BCUT2D eigenvalue weighted by Crippen LogP contribution is 2.37. The van der Waals surface area contributed by atoms with E-state index in [9.17, 15) is 14.4 Å². The van der Waals surface area contributed by atoms with Crippen molar-refractivity contribution in [1.29, 1.82) is 0 Å². The van der Waals surface area contributed by atoms with Crippen molar-refractivity contribution >= 4 is 34.2 Å². The second-order valence-corrected chi connectivity index (χ2v) is 8.29. The van der Waals surface area contributed by atoms with E-state index < -0.39 is 24.5 Å². The summed E-state index contributed by atoms with van der Waals surface area (Å²) in [5, 5.41) is 2.99. The molecule has 170 valence electrons. The maximum Gasteiger partial charge on any atom is 0.341 e. The molecule has 1 N–H and O–H groups in total. The summed E-state index contributed by atoms with van der Waals surface area (Å²) in [6.45, 7) is 1.52. The quantitative estimate of drug-likeness (QED) is 0.525. The van der Waals surface area contributed by atoms with Gasteiger partial charge in [-0.3, -0.25) is 9.78 Å². The first-order chi connectivity index (χ1) is 16.0. The molecule has 1 aliphatic heterocycles. The molecule has 1 aliphatic rings. The van der Waals surface area contributed by atoms with Crippen LogP contribution in [0.2, 0.25) is 0 Å². The van der Waals surface area contributed by atoms with E-state index >= 15 is 0 Å². The first kappa shape index (κ1) is 22.3. The molecule has 0 unspecified atom stereocenters. The third kappa shape index (κ3) is 4.96. The highest BCUT2D eigenvalue weighted by Gasteiger charge is 2.25. The number of thiophene rings is 1. The number of aromatic nitrogens is 1. The monoisotopic (exact) mass is 468 g/mol. The Morgan fingerprint density at radius 2 is 1.97 bits per heavy atom. The normalized spacial score (nSPS) is 11.7. The fraction of sp³-hybridized carbons (Fsp3) is 0.217. The molecule has 33 heavy (non-hydrogen) atoms. The van der Waals surface area contributed by atoms with Crippen LogP contribution in [0.5, 0.6) is 11.5 Å². The highest BCUT2D eigenvalue weighted by atomic mass is 32.1.